The van der Waals surface area contributed by atoms with E-state index in [0.717, 1.165) is 16.8 Å². The highest BCUT2D eigenvalue weighted by molar-refractivity contribution is 5.76. The largest absolute Gasteiger partial charge is 0.384 e. The van der Waals surface area contributed by atoms with E-state index >= 15 is 0 Å². The second-order valence-corrected chi connectivity index (χ2v) is 5.65. The first-order valence-electron chi connectivity index (χ1n) is 7.69. The zero-order valence-electron chi connectivity index (χ0n) is 14.6. The second kappa shape index (κ2) is 8.35. The summed E-state index contributed by atoms with van der Waals surface area (Å²) in [6, 6.07) is 3.81. The Morgan fingerprint density at radius 2 is 1.92 bits per heavy atom. The van der Waals surface area contributed by atoms with E-state index in [-0.39, 0.29) is 5.91 Å². The van der Waals surface area contributed by atoms with Crippen LogP contribution in [-0.2, 0) is 16.1 Å². The van der Waals surface area contributed by atoms with Crippen LogP contribution in [0.4, 0.5) is 5.95 Å². The van der Waals surface area contributed by atoms with E-state index in [9.17, 15) is 4.79 Å². The number of carbonyl (C=O) groups excluding carboxylic acids is 1. The van der Waals surface area contributed by atoms with Crippen molar-refractivity contribution in [1.82, 2.24) is 19.9 Å². The van der Waals surface area contributed by atoms with Gasteiger partial charge >= 0.3 is 0 Å². The third kappa shape index (κ3) is 4.48. The molecule has 24 heavy (non-hydrogen) atoms. The molecule has 0 aliphatic heterocycles. The predicted octanol–water partition coefficient (Wildman–Crippen LogP) is 1.60. The van der Waals surface area contributed by atoms with E-state index in [1.54, 1.807) is 37.6 Å². The predicted molar refractivity (Wildman–Crippen MR) is 92.6 cm³/mol. The molecule has 0 radical (unpaired) electrons. The van der Waals surface area contributed by atoms with Crippen LogP contribution in [-0.4, -0.2) is 60.6 Å². The lowest BCUT2D eigenvalue weighted by molar-refractivity contribution is -0.131. The maximum Gasteiger partial charge on any atom is 0.225 e. The third-order valence-corrected chi connectivity index (χ3v) is 3.58. The first-order chi connectivity index (χ1) is 11.5. The van der Waals surface area contributed by atoms with Crippen molar-refractivity contribution in [2.75, 3.05) is 39.8 Å². The average Bonchev–Trinajstić information content (AvgIpc) is 2.60. The molecule has 2 rings (SSSR count). The Hall–Kier alpha value is -2.54. The van der Waals surface area contributed by atoms with Gasteiger partial charge in [0.05, 0.1) is 25.3 Å². The van der Waals surface area contributed by atoms with Crippen LogP contribution in [0.2, 0.25) is 0 Å². The molecule has 128 valence electrons. The van der Waals surface area contributed by atoms with Crippen LogP contribution in [0, 0.1) is 0 Å². The van der Waals surface area contributed by atoms with Crippen LogP contribution in [0.15, 0.2) is 30.7 Å². The first-order valence-corrected chi connectivity index (χ1v) is 7.69. The number of anilines is 1. The normalized spacial score (nSPS) is 10.5. The molecule has 0 atom stereocenters. The maximum atomic E-state index is 12.2. The van der Waals surface area contributed by atoms with Gasteiger partial charge in [-0.3, -0.25) is 9.78 Å². The molecule has 2 aromatic rings. The summed E-state index contributed by atoms with van der Waals surface area (Å²) in [4.78, 5) is 28.7. The van der Waals surface area contributed by atoms with Crippen molar-refractivity contribution >= 4 is 11.9 Å². The van der Waals surface area contributed by atoms with Gasteiger partial charge in [0.1, 0.15) is 0 Å². The number of hydrogen-bond donors (Lipinski definition) is 0. The highest BCUT2D eigenvalue weighted by Gasteiger charge is 2.15. The van der Waals surface area contributed by atoms with Gasteiger partial charge in [0.2, 0.25) is 11.9 Å². The number of aromatic nitrogens is 3. The number of methoxy groups -OCH3 is 1. The lowest BCUT2D eigenvalue weighted by atomic mass is 10.1. The molecule has 2 heterocycles. The van der Waals surface area contributed by atoms with Gasteiger partial charge in [-0.2, -0.15) is 0 Å². The SMILES string of the molecule is COCCC(=O)N(C)Cc1nc(N(C)C)ncc1-c1ccncc1. The lowest BCUT2D eigenvalue weighted by Gasteiger charge is -2.20. The second-order valence-electron chi connectivity index (χ2n) is 5.65. The van der Waals surface area contributed by atoms with Crippen molar-refractivity contribution in [1.29, 1.82) is 0 Å². The Morgan fingerprint density at radius 1 is 1.21 bits per heavy atom. The van der Waals surface area contributed by atoms with E-state index in [1.165, 1.54) is 0 Å². The van der Waals surface area contributed by atoms with Crippen molar-refractivity contribution < 1.29 is 9.53 Å². The number of ether oxygens (including phenoxy) is 1. The topological polar surface area (TPSA) is 71.5 Å². The number of hydrogen-bond acceptors (Lipinski definition) is 6. The Labute approximate surface area is 142 Å². The summed E-state index contributed by atoms with van der Waals surface area (Å²) < 4.78 is 4.97. The Bertz CT molecular complexity index is 676. The monoisotopic (exact) mass is 329 g/mol. The van der Waals surface area contributed by atoms with Gasteiger partial charge in [0, 0.05) is 52.4 Å². The first kappa shape index (κ1) is 17.8. The van der Waals surface area contributed by atoms with Crippen LogP contribution in [0.1, 0.15) is 12.1 Å². The maximum absolute atomic E-state index is 12.2. The molecule has 0 saturated carbocycles. The van der Waals surface area contributed by atoms with Gasteiger partial charge in [-0.1, -0.05) is 0 Å². The molecule has 0 aliphatic rings. The van der Waals surface area contributed by atoms with E-state index in [0.29, 0.717) is 25.5 Å². The minimum absolute atomic E-state index is 0.0162. The van der Waals surface area contributed by atoms with Gasteiger partial charge in [-0.15, -0.1) is 0 Å². The molecule has 0 aliphatic carbocycles. The Kier molecular flexibility index (Phi) is 6.20. The quantitative estimate of drug-likeness (QED) is 0.768. The molecule has 0 saturated heterocycles. The fourth-order valence-corrected chi connectivity index (χ4v) is 2.21. The molecule has 0 aromatic carbocycles. The van der Waals surface area contributed by atoms with Crippen molar-refractivity contribution in [2.45, 2.75) is 13.0 Å². The molecule has 0 fully saturated rings. The number of amides is 1. The molecule has 0 unspecified atom stereocenters. The van der Waals surface area contributed by atoms with E-state index in [1.807, 2.05) is 31.1 Å². The van der Waals surface area contributed by atoms with Gasteiger partial charge in [-0.25, -0.2) is 9.97 Å². The lowest BCUT2D eigenvalue weighted by Crippen LogP contribution is -2.28. The van der Waals surface area contributed by atoms with Crippen molar-refractivity contribution in [2.24, 2.45) is 0 Å². The van der Waals surface area contributed by atoms with Crippen LogP contribution in [0.25, 0.3) is 11.1 Å². The van der Waals surface area contributed by atoms with E-state index in [2.05, 4.69) is 15.0 Å². The fraction of sp³-hybridized carbons (Fsp3) is 0.412. The Morgan fingerprint density at radius 3 is 2.54 bits per heavy atom. The third-order valence-electron chi connectivity index (χ3n) is 3.58. The summed E-state index contributed by atoms with van der Waals surface area (Å²) >= 11 is 0. The van der Waals surface area contributed by atoms with E-state index < -0.39 is 0 Å². The number of carbonyl (C=O) groups is 1. The molecule has 7 nitrogen and oxygen atoms in total. The summed E-state index contributed by atoms with van der Waals surface area (Å²) in [7, 11) is 7.13. The number of nitrogens with zero attached hydrogens (tertiary/aromatic N) is 5. The smallest absolute Gasteiger partial charge is 0.225 e. The van der Waals surface area contributed by atoms with Crippen molar-refractivity contribution in [3.8, 4) is 11.1 Å². The van der Waals surface area contributed by atoms with Crippen molar-refractivity contribution in [3.63, 3.8) is 0 Å². The van der Waals surface area contributed by atoms with Crippen LogP contribution in [0.3, 0.4) is 0 Å². The highest BCUT2D eigenvalue weighted by Crippen LogP contribution is 2.23. The van der Waals surface area contributed by atoms with E-state index in [4.69, 9.17) is 4.74 Å². The summed E-state index contributed by atoms with van der Waals surface area (Å²) in [6.07, 6.45) is 5.60. The Balaban J connectivity index is 2.31. The van der Waals surface area contributed by atoms with Gasteiger partial charge in [0.25, 0.3) is 0 Å². The van der Waals surface area contributed by atoms with Gasteiger partial charge in [-0.05, 0) is 17.7 Å². The van der Waals surface area contributed by atoms with Gasteiger partial charge in [0.15, 0.2) is 0 Å². The van der Waals surface area contributed by atoms with Crippen LogP contribution < -0.4 is 4.90 Å². The summed E-state index contributed by atoms with van der Waals surface area (Å²) in [6.45, 7) is 0.816. The fourth-order valence-electron chi connectivity index (χ4n) is 2.21. The van der Waals surface area contributed by atoms with Crippen LogP contribution in [0.5, 0.6) is 0 Å². The summed E-state index contributed by atoms with van der Waals surface area (Å²) in [5, 5.41) is 0. The summed E-state index contributed by atoms with van der Waals surface area (Å²) in [5.41, 5.74) is 2.67. The molecule has 0 bridgehead atoms. The molecular weight excluding hydrogens is 306 g/mol. The number of rotatable bonds is 7. The summed E-state index contributed by atoms with van der Waals surface area (Å²) in [5.74, 6) is 0.628. The highest BCUT2D eigenvalue weighted by atomic mass is 16.5. The molecule has 7 heteroatoms. The molecular formula is C17H23N5O2. The van der Waals surface area contributed by atoms with Gasteiger partial charge < -0.3 is 14.5 Å². The molecule has 0 spiro atoms. The molecule has 0 N–H and O–H groups in total. The zero-order valence-corrected chi connectivity index (χ0v) is 14.6. The minimum Gasteiger partial charge on any atom is -0.384 e. The molecule has 1 amide bonds. The minimum atomic E-state index is 0.0162. The number of pyridine rings is 1. The zero-order chi connectivity index (χ0) is 17.5. The standard InChI is InChI=1S/C17H23N5O2/c1-21(2)17-19-11-14(13-5-8-18-9-6-13)15(20-17)12-22(3)16(23)7-10-24-4/h5-6,8-9,11H,7,10,12H2,1-4H3. The molecule has 2 aromatic heterocycles. The average molecular weight is 329 g/mol. The van der Waals surface area contributed by atoms with Crippen molar-refractivity contribution in [3.05, 3.63) is 36.4 Å². The van der Waals surface area contributed by atoms with Crippen LogP contribution >= 0.6 is 0 Å².